The Morgan fingerprint density at radius 3 is 2.18 bits per heavy atom. The lowest BCUT2D eigenvalue weighted by Gasteiger charge is -2.17. The van der Waals surface area contributed by atoms with Crippen molar-refractivity contribution >= 4 is 0 Å². The Bertz CT molecular complexity index is 773. The first-order valence-corrected chi connectivity index (χ1v) is 6.74. The first kappa shape index (κ1) is 13.9. The molecule has 0 bridgehead atoms. The van der Waals surface area contributed by atoms with E-state index in [4.69, 9.17) is 10.4 Å². The highest BCUT2D eigenvalue weighted by Gasteiger charge is 2.18. The number of hydrogen-bond acceptors (Lipinski definition) is 5. The van der Waals surface area contributed by atoms with Gasteiger partial charge in [0, 0.05) is 0 Å². The molecule has 0 spiro atoms. The fraction of sp³-hybridized carbons (Fsp3) is 0.125. The quantitative estimate of drug-likeness (QED) is 0.790. The van der Waals surface area contributed by atoms with Gasteiger partial charge in [0.15, 0.2) is 6.33 Å². The number of aliphatic hydroxyl groups is 1. The Hall–Kier alpha value is -3.04. The molecule has 1 N–H and O–H groups in total. The van der Waals surface area contributed by atoms with Crippen LogP contribution >= 0.6 is 0 Å². The largest absolute Gasteiger partial charge is 0.392 e. The number of tetrazole rings is 1. The predicted molar refractivity (Wildman–Crippen MR) is 78.6 cm³/mol. The van der Waals surface area contributed by atoms with Crippen molar-refractivity contribution < 1.29 is 5.11 Å². The van der Waals surface area contributed by atoms with Crippen molar-refractivity contribution in [2.75, 3.05) is 0 Å². The molecular weight excluding hydrogens is 278 g/mol. The Morgan fingerprint density at radius 2 is 1.68 bits per heavy atom. The molecule has 1 heterocycles. The van der Waals surface area contributed by atoms with Gasteiger partial charge in [0.2, 0.25) is 0 Å². The van der Waals surface area contributed by atoms with Crippen LogP contribution in [0.5, 0.6) is 0 Å². The smallest absolute Gasteiger partial charge is 0.162 e. The second-order valence-corrected chi connectivity index (χ2v) is 4.79. The van der Waals surface area contributed by atoms with Gasteiger partial charge in [0.1, 0.15) is 6.04 Å². The number of nitrogens with zero attached hydrogens (tertiary/aromatic N) is 5. The van der Waals surface area contributed by atoms with E-state index in [1.54, 1.807) is 12.1 Å². The van der Waals surface area contributed by atoms with E-state index in [0.29, 0.717) is 5.56 Å². The van der Waals surface area contributed by atoms with Crippen LogP contribution in [0.25, 0.3) is 0 Å². The van der Waals surface area contributed by atoms with E-state index >= 15 is 0 Å². The standard InChI is InChI=1S/C16H13N5O/c17-9-12-1-5-14(6-2-12)16(21-19-11-18-20-21)15-7-3-13(10-22)4-8-15/h1-8,11,16,22H,10H2. The molecule has 0 aliphatic heterocycles. The van der Waals surface area contributed by atoms with Gasteiger partial charge in [-0.3, -0.25) is 0 Å². The van der Waals surface area contributed by atoms with Gasteiger partial charge in [-0.2, -0.15) is 10.1 Å². The third-order valence-corrected chi connectivity index (χ3v) is 3.43. The molecule has 0 aliphatic rings. The zero-order valence-corrected chi connectivity index (χ0v) is 11.7. The molecule has 3 aromatic rings. The van der Waals surface area contributed by atoms with Crippen LogP contribution in [0.15, 0.2) is 54.9 Å². The van der Waals surface area contributed by atoms with Gasteiger partial charge in [-0.15, -0.1) is 10.2 Å². The summed E-state index contributed by atoms with van der Waals surface area (Å²) in [6.07, 6.45) is 1.39. The maximum absolute atomic E-state index is 9.16. The zero-order chi connectivity index (χ0) is 15.4. The summed E-state index contributed by atoms with van der Waals surface area (Å²) in [6.45, 7) is 0.00336. The van der Waals surface area contributed by atoms with Crippen molar-refractivity contribution in [3.05, 3.63) is 77.1 Å². The van der Waals surface area contributed by atoms with Crippen molar-refractivity contribution in [3.63, 3.8) is 0 Å². The van der Waals surface area contributed by atoms with Crippen molar-refractivity contribution in [1.82, 2.24) is 20.2 Å². The van der Waals surface area contributed by atoms with Crippen LogP contribution in [-0.2, 0) is 6.61 Å². The van der Waals surface area contributed by atoms with Gasteiger partial charge in [-0.25, -0.2) is 0 Å². The highest BCUT2D eigenvalue weighted by Crippen LogP contribution is 2.25. The van der Waals surface area contributed by atoms with Crippen molar-refractivity contribution in [1.29, 1.82) is 5.26 Å². The summed E-state index contributed by atoms with van der Waals surface area (Å²) in [5.41, 5.74) is 3.37. The van der Waals surface area contributed by atoms with Gasteiger partial charge < -0.3 is 5.11 Å². The van der Waals surface area contributed by atoms with E-state index in [9.17, 15) is 0 Å². The summed E-state index contributed by atoms with van der Waals surface area (Å²) < 4.78 is 0. The van der Waals surface area contributed by atoms with E-state index in [0.717, 1.165) is 16.7 Å². The maximum Gasteiger partial charge on any atom is 0.162 e. The molecule has 6 nitrogen and oxygen atoms in total. The normalized spacial score (nSPS) is 11.8. The third kappa shape index (κ3) is 2.71. The third-order valence-electron chi connectivity index (χ3n) is 3.43. The Labute approximate surface area is 127 Å². The molecule has 1 unspecified atom stereocenters. The molecule has 22 heavy (non-hydrogen) atoms. The van der Waals surface area contributed by atoms with Gasteiger partial charge in [-0.05, 0) is 34.0 Å². The minimum absolute atomic E-state index is 0.00336. The predicted octanol–water partition coefficient (Wildman–Crippen LogP) is 1.67. The first-order valence-electron chi connectivity index (χ1n) is 6.74. The van der Waals surface area contributed by atoms with Crippen LogP contribution in [0.1, 0.15) is 28.3 Å². The fourth-order valence-electron chi connectivity index (χ4n) is 2.30. The average Bonchev–Trinajstić information content (AvgIpc) is 3.10. The van der Waals surface area contributed by atoms with Crippen LogP contribution in [0.2, 0.25) is 0 Å². The van der Waals surface area contributed by atoms with E-state index in [2.05, 4.69) is 21.5 Å². The summed E-state index contributed by atoms with van der Waals surface area (Å²) in [7, 11) is 0. The molecule has 0 saturated heterocycles. The topological polar surface area (TPSA) is 87.6 Å². The number of aliphatic hydroxyl groups excluding tert-OH is 1. The van der Waals surface area contributed by atoms with Crippen molar-refractivity contribution in [2.45, 2.75) is 12.6 Å². The molecule has 2 aromatic carbocycles. The molecule has 6 heteroatoms. The summed E-state index contributed by atoms with van der Waals surface area (Å²) in [6, 6.07) is 16.7. The lowest BCUT2D eigenvalue weighted by atomic mass is 9.97. The summed E-state index contributed by atoms with van der Waals surface area (Å²) in [5, 5.41) is 30.0. The summed E-state index contributed by atoms with van der Waals surface area (Å²) in [5.74, 6) is 0. The number of hydrogen-bond donors (Lipinski definition) is 1. The molecule has 0 radical (unpaired) electrons. The SMILES string of the molecule is N#Cc1ccc(C(c2ccc(CO)cc2)n2ncnn2)cc1. The van der Waals surface area contributed by atoms with E-state index in [-0.39, 0.29) is 12.6 Å². The monoisotopic (exact) mass is 291 g/mol. The molecule has 0 aliphatic carbocycles. The van der Waals surface area contributed by atoms with Crippen LogP contribution < -0.4 is 0 Å². The highest BCUT2D eigenvalue weighted by atomic mass is 16.3. The molecule has 0 amide bonds. The molecule has 108 valence electrons. The van der Waals surface area contributed by atoms with Crippen molar-refractivity contribution in [2.24, 2.45) is 0 Å². The van der Waals surface area contributed by atoms with Gasteiger partial charge in [0.05, 0.1) is 18.2 Å². The molecule has 1 aromatic heterocycles. The molecule has 3 rings (SSSR count). The van der Waals surface area contributed by atoms with Gasteiger partial charge >= 0.3 is 0 Å². The lowest BCUT2D eigenvalue weighted by Crippen LogP contribution is -2.15. The summed E-state index contributed by atoms with van der Waals surface area (Å²) in [4.78, 5) is 1.52. The van der Waals surface area contributed by atoms with Crippen LogP contribution in [-0.4, -0.2) is 25.3 Å². The minimum Gasteiger partial charge on any atom is -0.392 e. The number of benzene rings is 2. The average molecular weight is 291 g/mol. The molecule has 0 fully saturated rings. The fourth-order valence-corrected chi connectivity index (χ4v) is 2.30. The highest BCUT2D eigenvalue weighted by molar-refractivity contribution is 5.38. The van der Waals surface area contributed by atoms with Crippen LogP contribution in [0.4, 0.5) is 0 Å². The maximum atomic E-state index is 9.16. The van der Waals surface area contributed by atoms with E-state index in [1.165, 1.54) is 11.1 Å². The van der Waals surface area contributed by atoms with Crippen LogP contribution in [0.3, 0.4) is 0 Å². The van der Waals surface area contributed by atoms with E-state index in [1.807, 2.05) is 36.4 Å². The number of rotatable bonds is 4. The Morgan fingerprint density at radius 1 is 1.05 bits per heavy atom. The zero-order valence-electron chi connectivity index (χ0n) is 11.7. The van der Waals surface area contributed by atoms with Crippen molar-refractivity contribution in [3.8, 4) is 6.07 Å². The lowest BCUT2D eigenvalue weighted by molar-refractivity contribution is 0.282. The number of nitriles is 1. The minimum atomic E-state index is -0.233. The second kappa shape index (κ2) is 6.16. The number of aromatic nitrogens is 4. The van der Waals surface area contributed by atoms with Crippen LogP contribution in [0, 0.1) is 11.3 Å². The second-order valence-electron chi connectivity index (χ2n) is 4.79. The first-order chi connectivity index (χ1) is 10.8. The van der Waals surface area contributed by atoms with Gasteiger partial charge in [-0.1, -0.05) is 36.4 Å². The Balaban J connectivity index is 2.05. The van der Waals surface area contributed by atoms with E-state index < -0.39 is 0 Å². The molecule has 0 saturated carbocycles. The Kier molecular flexibility index (Phi) is 3.90. The summed E-state index contributed by atoms with van der Waals surface area (Å²) >= 11 is 0. The van der Waals surface area contributed by atoms with Gasteiger partial charge in [0.25, 0.3) is 0 Å². The molecular formula is C16H13N5O. The molecule has 1 atom stereocenters.